The molecule has 0 amide bonds. The van der Waals surface area contributed by atoms with E-state index in [1.807, 2.05) is 6.07 Å². The number of hydrogen-bond donors (Lipinski definition) is 0. The fourth-order valence-corrected chi connectivity index (χ4v) is 4.96. The molecule has 0 saturated heterocycles. The summed E-state index contributed by atoms with van der Waals surface area (Å²) in [5.74, 6) is 0.878. The van der Waals surface area contributed by atoms with E-state index in [1.165, 1.54) is 22.3 Å². The van der Waals surface area contributed by atoms with Crippen LogP contribution in [0, 0.1) is 13.8 Å². The highest BCUT2D eigenvalue weighted by molar-refractivity contribution is 7.98. The predicted octanol–water partition coefficient (Wildman–Crippen LogP) is 7.00. The average molecular weight is 422 g/mol. The van der Waals surface area contributed by atoms with Crippen molar-refractivity contribution in [3.8, 4) is 16.8 Å². The SMILES string of the molecule is Cc1cccc(-n2cc(-c3ccccc3)c3c(SCc4ccccc4C)ncnc32)c1. The number of hydrogen-bond acceptors (Lipinski definition) is 3. The van der Waals surface area contributed by atoms with Crippen LogP contribution in [0.5, 0.6) is 0 Å². The smallest absolute Gasteiger partial charge is 0.149 e. The van der Waals surface area contributed by atoms with Gasteiger partial charge in [0.05, 0.1) is 5.39 Å². The van der Waals surface area contributed by atoms with Crippen LogP contribution in [-0.2, 0) is 5.75 Å². The van der Waals surface area contributed by atoms with Crippen molar-refractivity contribution in [2.24, 2.45) is 0 Å². The number of benzene rings is 3. The Morgan fingerprint density at radius 2 is 1.65 bits per heavy atom. The van der Waals surface area contributed by atoms with E-state index in [0.29, 0.717) is 0 Å². The Labute approximate surface area is 186 Å². The molecule has 0 aliphatic rings. The van der Waals surface area contributed by atoms with E-state index in [0.717, 1.165) is 33.1 Å². The third-order valence-corrected chi connectivity index (χ3v) is 6.58. The van der Waals surface area contributed by atoms with Crippen LogP contribution in [0.25, 0.3) is 27.8 Å². The maximum absolute atomic E-state index is 4.71. The first kappa shape index (κ1) is 19.6. The van der Waals surface area contributed by atoms with Gasteiger partial charge in [0.1, 0.15) is 17.0 Å². The second-order valence-corrected chi connectivity index (χ2v) is 8.67. The third kappa shape index (κ3) is 3.87. The molecule has 0 aliphatic heterocycles. The van der Waals surface area contributed by atoms with Crippen LogP contribution in [0.15, 0.2) is 96.4 Å². The van der Waals surface area contributed by atoms with Gasteiger partial charge in [0.2, 0.25) is 0 Å². The molecule has 31 heavy (non-hydrogen) atoms. The van der Waals surface area contributed by atoms with E-state index < -0.39 is 0 Å². The third-order valence-electron chi connectivity index (χ3n) is 5.54. The molecule has 0 fully saturated rings. The lowest BCUT2D eigenvalue weighted by molar-refractivity contribution is 1.04. The van der Waals surface area contributed by atoms with Gasteiger partial charge in [-0.05, 0) is 48.2 Å². The number of fused-ring (bicyclic) bond motifs is 1. The van der Waals surface area contributed by atoms with Crippen LogP contribution in [0.2, 0.25) is 0 Å². The lowest BCUT2D eigenvalue weighted by Gasteiger charge is -2.08. The highest BCUT2D eigenvalue weighted by Crippen LogP contribution is 2.37. The molecule has 2 aromatic heterocycles. The molecule has 2 heterocycles. The van der Waals surface area contributed by atoms with Crippen molar-refractivity contribution >= 4 is 22.8 Å². The molecule has 3 nitrogen and oxygen atoms in total. The Bertz CT molecular complexity index is 1360. The van der Waals surface area contributed by atoms with E-state index in [1.54, 1.807) is 18.1 Å². The Hall–Kier alpha value is -3.37. The molecule has 0 N–H and O–H groups in total. The fourth-order valence-electron chi connectivity index (χ4n) is 3.87. The molecular formula is C27H23N3S. The van der Waals surface area contributed by atoms with Gasteiger partial charge in [0.25, 0.3) is 0 Å². The van der Waals surface area contributed by atoms with Crippen LogP contribution in [0.4, 0.5) is 0 Å². The van der Waals surface area contributed by atoms with Crippen LogP contribution in [0.3, 0.4) is 0 Å². The van der Waals surface area contributed by atoms with E-state index in [2.05, 4.69) is 97.4 Å². The molecule has 0 spiro atoms. The fraction of sp³-hybridized carbons (Fsp3) is 0.111. The Balaban J connectivity index is 1.67. The summed E-state index contributed by atoms with van der Waals surface area (Å²) in [6, 6.07) is 27.6. The molecule has 4 heteroatoms. The molecule has 0 unspecified atom stereocenters. The number of thioether (sulfide) groups is 1. The molecule has 0 bridgehead atoms. The summed E-state index contributed by atoms with van der Waals surface area (Å²) < 4.78 is 2.18. The van der Waals surface area contributed by atoms with Crippen LogP contribution in [-0.4, -0.2) is 14.5 Å². The normalized spacial score (nSPS) is 11.2. The minimum absolute atomic E-state index is 0.878. The van der Waals surface area contributed by atoms with Gasteiger partial charge in [0.15, 0.2) is 0 Å². The van der Waals surface area contributed by atoms with Gasteiger partial charge < -0.3 is 4.57 Å². The average Bonchev–Trinajstić information content (AvgIpc) is 3.20. The Morgan fingerprint density at radius 1 is 0.839 bits per heavy atom. The predicted molar refractivity (Wildman–Crippen MR) is 130 cm³/mol. The van der Waals surface area contributed by atoms with Crippen molar-refractivity contribution in [2.45, 2.75) is 24.6 Å². The summed E-state index contributed by atoms with van der Waals surface area (Å²) in [4.78, 5) is 9.41. The number of rotatable bonds is 5. The quantitative estimate of drug-likeness (QED) is 0.226. The van der Waals surface area contributed by atoms with Gasteiger partial charge >= 0.3 is 0 Å². The monoisotopic (exact) mass is 421 g/mol. The summed E-state index contributed by atoms with van der Waals surface area (Å²) in [5, 5.41) is 2.12. The molecule has 3 aromatic carbocycles. The van der Waals surface area contributed by atoms with Gasteiger partial charge in [-0.15, -0.1) is 11.8 Å². The van der Waals surface area contributed by atoms with Crippen LogP contribution >= 0.6 is 11.8 Å². The van der Waals surface area contributed by atoms with Gasteiger partial charge in [-0.1, -0.05) is 66.7 Å². The highest BCUT2D eigenvalue weighted by atomic mass is 32.2. The topological polar surface area (TPSA) is 30.7 Å². The summed E-state index contributed by atoms with van der Waals surface area (Å²) in [5.41, 5.74) is 8.24. The van der Waals surface area contributed by atoms with Crippen LogP contribution < -0.4 is 0 Å². The highest BCUT2D eigenvalue weighted by Gasteiger charge is 2.18. The lowest BCUT2D eigenvalue weighted by Crippen LogP contribution is -1.95. The van der Waals surface area contributed by atoms with Crippen molar-refractivity contribution in [1.29, 1.82) is 0 Å². The zero-order chi connectivity index (χ0) is 21.2. The van der Waals surface area contributed by atoms with Gasteiger partial charge in [-0.3, -0.25) is 0 Å². The van der Waals surface area contributed by atoms with Crippen molar-refractivity contribution in [2.75, 3.05) is 0 Å². The number of nitrogens with zero attached hydrogens (tertiary/aromatic N) is 3. The van der Waals surface area contributed by atoms with Crippen molar-refractivity contribution in [1.82, 2.24) is 14.5 Å². The van der Waals surface area contributed by atoms with E-state index in [4.69, 9.17) is 9.97 Å². The minimum atomic E-state index is 0.878. The van der Waals surface area contributed by atoms with Crippen LogP contribution in [0.1, 0.15) is 16.7 Å². The van der Waals surface area contributed by atoms with Gasteiger partial charge in [-0.2, -0.15) is 0 Å². The van der Waals surface area contributed by atoms with E-state index in [9.17, 15) is 0 Å². The van der Waals surface area contributed by atoms with E-state index in [-0.39, 0.29) is 0 Å². The molecule has 5 aromatic rings. The molecule has 152 valence electrons. The lowest BCUT2D eigenvalue weighted by atomic mass is 10.1. The zero-order valence-corrected chi connectivity index (χ0v) is 18.4. The molecule has 0 atom stereocenters. The van der Waals surface area contributed by atoms with Crippen molar-refractivity contribution in [3.05, 3.63) is 108 Å². The Kier molecular flexibility index (Phi) is 5.31. The second kappa shape index (κ2) is 8.40. The molecule has 0 aliphatic carbocycles. The standard InChI is InChI=1S/C27H23N3S/c1-19-9-8-14-23(15-19)30-16-24(21-11-4-3-5-12-21)25-26(30)28-18-29-27(25)31-17-22-13-7-6-10-20(22)2/h3-16,18H,17H2,1-2H3. The first-order chi connectivity index (χ1) is 15.2. The number of aryl methyl sites for hydroxylation is 2. The van der Waals surface area contributed by atoms with E-state index >= 15 is 0 Å². The molecule has 0 radical (unpaired) electrons. The Morgan fingerprint density at radius 3 is 2.45 bits per heavy atom. The zero-order valence-electron chi connectivity index (χ0n) is 17.6. The van der Waals surface area contributed by atoms with Gasteiger partial charge in [-0.25, -0.2) is 9.97 Å². The number of aromatic nitrogens is 3. The van der Waals surface area contributed by atoms with Gasteiger partial charge in [0, 0.05) is 23.2 Å². The largest absolute Gasteiger partial charge is 0.301 e. The summed E-state index contributed by atoms with van der Waals surface area (Å²) in [6.45, 7) is 4.28. The minimum Gasteiger partial charge on any atom is -0.301 e. The maximum atomic E-state index is 4.71. The maximum Gasteiger partial charge on any atom is 0.149 e. The second-order valence-electron chi connectivity index (χ2n) is 7.71. The first-order valence-electron chi connectivity index (χ1n) is 10.4. The summed E-state index contributed by atoms with van der Waals surface area (Å²) in [6.07, 6.45) is 3.88. The van der Waals surface area contributed by atoms with Crippen molar-refractivity contribution < 1.29 is 0 Å². The molecular weight excluding hydrogens is 398 g/mol. The summed E-state index contributed by atoms with van der Waals surface area (Å²) >= 11 is 1.77. The molecule has 0 saturated carbocycles. The van der Waals surface area contributed by atoms with Crippen molar-refractivity contribution in [3.63, 3.8) is 0 Å². The summed E-state index contributed by atoms with van der Waals surface area (Å²) in [7, 11) is 0. The first-order valence-corrected chi connectivity index (χ1v) is 11.3. The molecule has 5 rings (SSSR count).